The Bertz CT molecular complexity index is 335. The number of aliphatic hydroxyl groups excluding tert-OH is 1. The quantitative estimate of drug-likeness (QED) is 0.400. The molecular weight excluding hydrogens is 258 g/mol. The van der Waals surface area contributed by atoms with E-state index in [4.69, 9.17) is 10.2 Å². The second-order valence-corrected chi connectivity index (χ2v) is 4.67. The van der Waals surface area contributed by atoms with E-state index >= 15 is 0 Å². The van der Waals surface area contributed by atoms with Crippen LogP contribution in [-0.2, 0) is 9.59 Å². The molecule has 1 amide bonds. The number of nitrogens with one attached hydrogen (secondary N) is 1. The fourth-order valence-corrected chi connectivity index (χ4v) is 1.55. The van der Waals surface area contributed by atoms with Crippen LogP contribution in [0.25, 0.3) is 0 Å². The van der Waals surface area contributed by atoms with Gasteiger partial charge in [-0.25, -0.2) is 0 Å². The summed E-state index contributed by atoms with van der Waals surface area (Å²) in [5, 5.41) is 20.2. The number of aliphatic hydroxyl groups is 1. The zero-order chi connectivity index (χ0) is 15.2. The fourth-order valence-electron chi connectivity index (χ4n) is 1.55. The first kappa shape index (κ1) is 18.4. The minimum Gasteiger partial charge on any atom is -0.481 e. The lowest BCUT2D eigenvalue weighted by molar-refractivity contribution is -0.137. The van der Waals surface area contributed by atoms with Crippen LogP contribution in [0.1, 0.15) is 45.4 Å². The SMILES string of the molecule is CC(O)/C=C/C=C\CNC(=O)CCCCCCC(=O)O. The first-order chi connectivity index (χ1) is 9.52. The number of aliphatic carboxylic acids is 1. The van der Waals surface area contributed by atoms with Crippen LogP contribution in [0.2, 0.25) is 0 Å². The molecule has 0 heterocycles. The molecular formula is C15H25NO4. The molecule has 0 rings (SSSR count). The van der Waals surface area contributed by atoms with E-state index in [1.165, 1.54) is 0 Å². The molecule has 1 unspecified atom stereocenters. The van der Waals surface area contributed by atoms with E-state index in [-0.39, 0.29) is 12.3 Å². The predicted molar refractivity (Wildman–Crippen MR) is 78.3 cm³/mol. The minimum atomic E-state index is -0.765. The molecule has 20 heavy (non-hydrogen) atoms. The standard InChI is InChI=1S/C15H25NO4/c1-13(17)9-5-4-8-12-16-14(18)10-6-2-3-7-11-15(19)20/h4-5,8-9,13,17H,2-3,6-7,10-12H2,1H3,(H,16,18)(H,19,20)/b8-4-,9-5+. The molecule has 0 aliphatic rings. The third kappa shape index (κ3) is 14.4. The van der Waals surface area contributed by atoms with E-state index in [1.54, 1.807) is 25.2 Å². The van der Waals surface area contributed by atoms with E-state index in [0.717, 1.165) is 19.3 Å². The molecule has 0 aromatic carbocycles. The normalized spacial score (nSPS) is 12.9. The van der Waals surface area contributed by atoms with Gasteiger partial charge in [-0.2, -0.15) is 0 Å². The van der Waals surface area contributed by atoms with Gasteiger partial charge in [0, 0.05) is 19.4 Å². The van der Waals surface area contributed by atoms with Crippen LogP contribution in [0, 0.1) is 0 Å². The monoisotopic (exact) mass is 283 g/mol. The van der Waals surface area contributed by atoms with Crippen molar-refractivity contribution in [3.8, 4) is 0 Å². The van der Waals surface area contributed by atoms with Crippen molar-refractivity contribution in [2.45, 2.75) is 51.6 Å². The molecule has 0 saturated carbocycles. The van der Waals surface area contributed by atoms with E-state index < -0.39 is 12.1 Å². The topological polar surface area (TPSA) is 86.6 Å². The molecule has 0 aromatic rings. The van der Waals surface area contributed by atoms with Crippen molar-refractivity contribution in [1.29, 1.82) is 0 Å². The Labute approximate surface area is 120 Å². The summed E-state index contributed by atoms with van der Waals surface area (Å²) in [7, 11) is 0. The minimum absolute atomic E-state index is 0.00684. The molecule has 0 aromatic heterocycles. The number of rotatable bonds is 11. The van der Waals surface area contributed by atoms with E-state index in [9.17, 15) is 9.59 Å². The number of carboxylic acid groups (broad SMARTS) is 1. The van der Waals surface area contributed by atoms with Crippen molar-refractivity contribution in [2.24, 2.45) is 0 Å². The Morgan fingerprint density at radius 1 is 1.10 bits per heavy atom. The fraction of sp³-hybridized carbons (Fsp3) is 0.600. The number of carboxylic acids is 1. The number of carbonyl (C=O) groups is 2. The summed E-state index contributed by atoms with van der Waals surface area (Å²) >= 11 is 0. The zero-order valence-corrected chi connectivity index (χ0v) is 12.0. The van der Waals surface area contributed by atoms with Crippen molar-refractivity contribution >= 4 is 11.9 Å². The number of amides is 1. The lowest BCUT2D eigenvalue weighted by atomic mass is 10.1. The Morgan fingerprint density at radius 3 is 2.35 bits per heavy atom. The summed E-state index contributed by atoms with van der Waals surface area (Å²) in [6.07, 6.45) is 10.4. The average Bonchev–Trinajstić information content (AvgIpc) is 2.37. The van der Waals surface area contributed by atoms with Crippen LogP contribution in [0.3, 0.4) is 0 Å². The van der Waals surface area contributed by atoms with Gasteiger partial charge in [0.2, 0.25) is 5.91 Å². The number of unbranched alkanes of at least 4 members (excludes halogenated alkanes) is 3. The number of allylic oxidation sites excluding steroid dienone is 2. The predicted octanol–water partition coefficient (Wildman–Crippen LogP) is 2.02. The molecule has 0 aliphatic carbocycles. The van der Waals surface area contributed by atoms with E-state index in [0.29, 0.717) is 19.4 Å². The maximum atomic E-state index is 11.4. The van der Waals surface area contributed by atoms with Crippen molar-refractivity contribution in [3.05, 3.63) is 24.3 Å². The van der Waals surface area contributed by atoms with Crippen molar-refractivity contribution in [2.75, 3.05) is 6.54 Å². The van der Waals surface area contributed by atoms with Crippen LogP contribution in [-0.4, -0.2) is 34.7 Å². The largest absolute Gasteiger partial charge is 0.481 e. The van der Waals surface area contributed by atoms with Crippen molar-refractivity contribution in [1.82, 2.24) is 5.32 Å². The lowest BCUT2D eigenvalue weighted by Crippen LogP contribution is -2.22. The molecule has 0 fully saturated rings. The van der Waals surface area contributed by atoms with Gasteiger partial charge in [-0.05, 0) is 19.8 Å². The maximum Gasteiger partial charge on any atom is 0.303 e. The van der Waals surface area contributed by atoms with Gasteiger partial charge in [0.1, 0.15) is 0 Å². The Balaban J connectivity index is 3.43. The Hall–Kier alpha value is -1.62. The summed E-state index contributed by atoms with van der Waals surface area (Å²) < 4.78 is 0. The van der Waals surface area contributed by atoms with Crippen LogP contribution < -0.4 is 5.32 Å². The van der Waals surface area contributed by atoms with Crippen LogP contribution in [0.15, 0.2) is 24.3 Å². The van der Waals surface area contributed by atoms with Crippen LogP contribution >= 0.6 is 0 Å². The van der Waals surface area contributed by atoms with Crippen molar-refractivity contribution in [3.63, 3.8) is 0 Å². The highest BCUT2D eigenvalue weighted by molar-refractivity contribution is 5.75. The number of hydrogen-bond donors (Lipinski definition) is 3. The van der Waals surface area contributed by atoms with Gasteiger partial charge < -0.3 is 15.5 Å². The summed E-state index contributed by atoms with van der Waals surface area (Å²) in [5.41, 5.74) is 0. The Morgan fingerprint density at radius 2 is 1.75 bits per heavy atom. The molecule has 114 valence electrons. The van der Waals surface area contributed by atoms with Gasteiger partial charge in [0.15, 0.2) is 0 Å². The van der Waals surface area contributed by atoms with Gasteiger partial charge in [-0.15, -0.1) is 0 Å². The highest BCUT2D eigenvalue weighted by Crippen LogP contribution is 2.05. The first-order valence-corrected chi connectivity index (χ1v) is 7.02. The summed E-state index contributed by atoms with van der Waals surface area (Å²) in [6.45, 7) is 2.14. The first-order valence-electron chi connectivity index (χ1n) is 7.02. The molecule has 0 saturated heterocycles. The molecule has 0 radical (unpaired) electrons. The van der Waals surface area contributed by atoms with Crippen molar-refractivity contribution < 1.29 is 19.8 Å². The van der Waals surface area contributed by atoms with Gasteiger partial charge in [-0.3, -0.25) is 9.59 Å². The summed E-state index contributed by atoms with van der Waals surface area (Å²) in [6, 6.07) is 0. The molecule has 3 N–H and O–H groups in total. The third-order valence-corrected chi connectivity index (χ3v) is 2.60. The van der Waals surface area contributed by atoms with Crippen LogP contribution in [0.5, 0.6) is 0 Å². The van der Waals surface area contributed by atoms with Gasteiger partial charge >= 0.3 is 5.97 Å². The second-order valence-electron chi connectivity index (χ2n) is 4.67. The molecule has 0 bridgehead atoms. The molecule has 1 atom stereocenters. The number of hydrogen-bond acceptors (Lipinski definition) is 3. The van der Waals surface area contributed by atoms with E-state index in [1.807, 2.05) is 6.08 Å². The van der Waals surface area contributed by atoms with E-state index in [2.05, 4.69) is 5.32 Å². The molecule has 0 aliphatic heterocycles. The average molecular weight is 283 g/mol. The number of carbonyl (C=O) groups excluding carboxylic acids is 1. The van der Waals surface area contributed by atoms with Gasteiger partial charge in [-0.1, -0.05) is 37.1 Å². The highest BCUT2D eigenvalue weighted by Gasteiger charge is 2.00. The summed E-state index contributed by atoms with van der Waals surface area (Å²) in [4.78, 5) is 21.7. The second kappa shape index (κ2) is 12.4. The third-order valence-electron chi connectivity index (χ3n) is 2.60. The van der Waals surface area contributed by atoms with Gasteiger partial charge in [0.05, 0.1) is 6.10 Å². The lowest BCUT2D eigenvalue weighted by Gasteiger charge is -2.02. The van der Waals surface area contributed by atoms with Crippen LogP contribution in [0.4, 0.5) is 0 Å². The summed E-state index contributed by atoms with van der Waals surface area (Å²) in [5.74, 6) is -0.758. The smallest absolute Gasteiger partial charge is 0.303 e. The molecule has 0 spiro atoms. The van der Waals surface area contributed by atoms with Gasteiger partial charge in [0.25, 0.3) is 0 Å². The zero-order valence-electron chi connectivity index (χ0n) is 12.0. The Kier molecular flexibility index (Phi) is 11.4. The molecule has 5 heteroatoms. The highest BCUT2D eigenvalue weighted by atomic mass is 16.4. The maximum absolute atomic E-state index is 11.4. The molecule has 5 nitrogen and oxygen atoms in total.